The number of esters is 2. The van der Waals surface area contributed by atoms with Crippen molar-refractivity contribution in [2.75, 3.05) is 40.5 Å². The van der Waals surface area contributed by atoms with Crippen molar-refractivity contribution in [3.8, 4) is 0 Å². The van der Waals surface area contributed by atoms with E-state index in [0.29, 0.717) is 88.4 Å². The summed E-state index contributed by atoms with van der Waals surface area (Å²) in [7, 11) is 3.32. The quantitative estimate of drug-likeness (QED) is 0.0315. The fourth-order valence-electron chi connectivity index (χ4n) is 9.50. The Morgan fingerprint density at radius 2 is 1.62 bits per heavy atom. The van der Waals surface area contributed by atoms with Gasteiger partial charge < -0.3 is 45.9 Å². The van der Waals surface area contributed by atoms with E-state index in [1.54, 1.807) is 50.3 Å². The number of dihydropyridines is 1. The zero-order valence-electron chi connectivity index (χ0n) is 42.7. The van der Waals surface area contributed by atoms with Crippen LogP contribution in [0.5, 0.6) is 0 Å². The number of ketones is 1. The first-order valence-corrected chi connectivity index (χ1v) is 26.4. The van der Waals surface area contributed by atoms with E-state index in [1.807, 2.05) is 31.3 Å². The van der Waals surface area contributed by atoms with E-state index in [4.69, 9.17) is 59.9 Å². The molecule has 1 fully saturated rings. The molecular weight excluding hydrogens is 993 g/mol. The molecule has 7 atom stereocenters. The van der Waals surface area contributed by atoms with Crippen LogP contribution >= 0.6 is 34.8 Å². The predicted octanol–water partition coefficient (Wildman–Crippen LogP) is 10.7. The summed E-state index contributed by atoms with van der Waals surface area (Å²) >= 11 is 18.6. The fraction of sp³-hybridized carbons (Fsp3) is 0.474. The Labute approximate surface area is 446 Å². The number of carboxylic acids is 1. The normalized spacial score (nSPS) is 20.9. The topological polar surface area (TPSA) is 207 Å². The van der Waals surface area contributed by atoms with Crippen LogP contribution in [-0.4, -0.2) is 91.7 Å². The van der Waals surface area contributed by atoms with Crippen molar-refractivity contribution >= 4 is 58.5 Å². The molecule has 6 rings (SSSR count). The molecule has 16 heteroatoms. The summed E-state index contributed by atoms with van der Waals surface area (Å²) in [6, 6.07) is 22.2. The summed E-state index contributed by atoms with van der Waals surface area (Å²) in [5, 5.41) is 36.9. The molecule has 7 N–H and O–H groups in total. The molecule has 3 aliphatic rings. The highest BCUT2D eigenvalue weighted by Crippen LogP contribution is 2.44. The first-order chi connectivity index (χ1) is 35.1. The fourth-order valence-corrected chi connectivity index (χ4v) is 10.1. The first-order valence-electron chi connectivity index (χ1n) is 25.2. The summed E-state index contributed by atoms with van der Waals surface area (Å²) in [6.45, 7) is 6.53. The smallest absolute Gasteiger partial charge is 0.336 e. The van der Waals surface area contributed by atoms with Gasteiger partial charge >= 0.3 is 17.9 Å². The summed E-state index contributed by atoms with van der Waals surface area (Å²) in [4.78, 5) is 48.0. The highest BCUT2D eigenvalue weighted by molar-refractivity contribution is 6.42. The molecule has 3 aromatic carbocycles. The minimum Gasteiger partial charge on any atom is -0.481 e. The molecular formula is C57H74Cl3N3O10. The number of carbonyl (C=O) groups excluding carboxylic acids is 3. The van der Waals surface area contributed by atoms with Gasteiger partial charge in [0.1, 0.15) is 5.78 Å². The van der Waals surface area contributed by atoms with Crippen LogP contribution in [0.4, 0.5) is 0 Å². The molecule has 73 heavy (non-hydrogen) atoms. The predicted molar refractivity (Wildman–Crippen MR) is 289 cm³/mol. The van der Waals surface area contributed by atoms with Crippen molar-refractivity contribution in [1.82, 2.24) is 10.6 Å². The van der Waals surface area contributed by atoms with E-state index < -0.39 is 36.0 Å². The maximum absolute atomic E-state index is 12.9. The Morgan fingerprint density at radius 3 is 2.26 bits per heavy atom. The number of ether oxygens (including phenoxy) is 3. The van der Waals surface area contributed by atoms with E-state index in [-0.39, 0.29) is 49.2 Å². The summed E-state index contributed by atoms with van der Waals surface area (Å²) in [6.07, 6.45) is 14.4. The van der Waals surface area contributed by atoms with Gasteiger partial charge in [-0.1, -0.05) is 134 Å². The number of Topliss-reactive ketones (excluding diaryl/α,β-unsaturated/α-hetero) is 1. The molecule has 0 radical (unpaired) electrons. The molecule has 13 nitrogen and oxygen atoms in total. The molecule has 1 saturated carbocycles. The van der Waals surface area contributed by atoms with Crippen molar-refractivity contribution in [2.24, 2.45) is 17.6 Å². The minimum absolute atomic E-state index is 0.0535. The van der Waals surface area contributed by atoms with E-state index in [9.17, 15) is 29.4 Å². The monoisotopic (exact) mass is 1070 g/mol. The van der Waals surface area contributed by atoms with Gasteiger partial charge in [0.15, 0.2) is 0 Å². The van der Waals surface area contributed by atoms with Crippen molar-refractivity contribution in [2.45, 2.75) is 121 Å². The second-order valence-corrected chi connectivity index (χ2v) is 19.4. The second-order valence-electron chi connectivity index (χ2n) is 18.2. The van der Waals surface area contributed by atoms with Gasteiger partial charge in [-0.05, 0) is 99.9 Å². The number of halogens is 3. The maximum atomic E-state index is 12.9. The van der Waals surface area contributed by atoms with Crippen molar-refractivity contribution in [3.63, 3.8) is 0 Å². The number of hydrogen-bond acceptors (Lipinski definition) is 12. The van der Waals surface area contributed by atoms with Crippen LogP contribution in [0.25, 0.3) is 0 Å². The van der Waals surface area contributed by atoms with E-state index >= 15 is 0 Å². The lowest BCUT2D eigenvalue weighted by Gasteiger charge is -2.32. The highest BCUT2D eigenvalue weighted by Gasteiger charge is 2.41. The number of nitrogens with one attached hydrogen (secondary N) is 2. The Hall–Kier alpha value is -4.83. The molecule has 0 saturated heterocycles. The number of carboxylic acid groups (broad SMARTS) is 1. The first kappa shape index (κ1) is 60.7. The van der Waals surface area contributed by atoms with Crippen LogP contribution in [0.1, 0.15) is 132 Å². The zero-order valence-corrected chi connectivity index (χ0v) is 45.0. The maximum Gasteiger partial charge on any atom is 0.336 e. The molecule has 0 bridgehead atoms. The second kappa shape index (κ2) is 31.8. The zero-order chi connectivity index (χ0) is 53.5. The molecule has 0 spiro atoms. The lowest BCUT2D eigenvalue weighted by molar-refractivity contribution is -0.139. The molecule has 3 aromatic rings. The largest absolute Gasteiger partial charge is 0.481 e. The van der Waals surface area contributed by atoms with Gasteiger partial charge in [0.05, 0.1) is 71.9 Å². The van der Waals surface area contributed by atoms with Crippen LogP contribution in [0.3, 0.4) is 0 Å². The van der Waals surface area contributed by atoms with Crippen LogP contribution in [0, 0.1) is 11.8 Å². The lowest BCUT2D eigenvalue weighted by atomic mass is 9.77. The highest BCUT2D eigenvalue weighted by atomic mass is 35.5. The number of nitrogens with two attached hydrogens (primary N) is 1. The number of unbranched alkanes of at least 4 members (excludes halogenated alkanes) is 3. The van der Waals surface area contributed by atoms with Gasteiger partial charge in [-0.3, -0.25) is 9.59 Å². The SMILES string of the molecule is CCCCC[C@H](O)/C=C/[C@H]1[C@H](O)CC(=O)[C@@H]1C/C=C\CCCC(=O)O.CCOC(=O)C1=C(COCCN)NC(C)=C(C(=O)OC)C1c1ccccc1Cl.CN[C@H]1CC[C@@H](c2ccc(Cl)c(Cl)c2)c2ccccc21. The van der Waals surface area contributed by atoms with Gasteiger partial charge in [0.2, 0.25) is 0 Å². The number of benzene rings is 3. The number of aliphatic hydroxyl groups excluding tert-OH is 2. The molecule has 1 aliphatic heterocycles. The summed E-state index contributed by atoms with van der Waals surface area (Å²) in [5.41, 5.74) is 11.8. The van der Waals surface area contributed by atoms with Gasteiger partial charge in [-0.25, -0.2) is 9.59 Å². The van der Waals surface area contributed by atoms with Crippen LogP contribution in [0.2, 0.25) is 15.1 Å². The Balaban J connectivity index is 0.000000240. The number of allylic oxidation sites excluding steroid dienone is 3. The third-order valence-electron chi connectivity index (χ3n) is 13.2. The molecule has 0 aromatic heterocycles. The number of methoxy groups -OCH3 is 1. The minimum atomic E-state index is -0.801. The molecule has 1 heterocycles. The molecule has 2 aliphatic carbocycles. The van der Waals surface area contributed by atoms with E-state index in [1.165, 1.54) is 23.8 Å². The average Bonchev–Trinajstić information content (AvgIpc) is 3.65. The number of hydrogen-bond donors (Lipinski definition) is 6. The van der Waals surface area contributed by atoms with Crippen molar-refractivity contribution < 1.29 is 48.7 Å². The van der Waals surface area contributed by atoms with Gasteiger partial charge in [0.25, 0.3) is 0 Å². The molecule has 0 amide bonds. The third kappa shape index (κ3) is 17.9. The number of fused-ring (bicyclic) bond motifs is 1. The number of rotatable bonds is 22. The number of aliphatic carboxylic acids is 1. The average molecular weight is 1070 g/mol. The molecule has 1 unspecified atom stereocenters. The number of aliphatic hydroxyl groups is 2. The Morgan fingerprint density at radius 1 is 0.904 bits per heavy atom. The number of carbonyl (C=O) groups is 4. The molecule has 398 valence electrons. The van der Waals surface area contributed by atoms with E-state index in [0.717, 1.165) is 32.1 Å². The van der Waals surface area contributed by atoms with Crippen molar-refractivity contribution in [3.05, 3.63) is 151 Å². The summed E-state index contributed by atoms with van der Waals surface area (Å²) in [5.74, 6) is -2.72. The standard InChI is InChI=1S/C20H25ClN2O5.C20H32O5.C17H17Cl2N/c1-4-28-20(25)18-15(11-27-10-9-22)23-12(2)16(19(24)26-3)17(18)13-7-5-6-8-14(13)21;1-2-3-6-9-15(21)12-13-17-16(18(22)14-19(17)23)10-7-4-5-8-11-20(24)25;1-20-17-9-7-12(13-4-2-3-5-14(13)17)11-6-8-15(18)16(19)10-11/h5-8,17,23H,4,9-11,22H2,1-3H3;4,7,12-13,15-17,19,21,23H,2-3,5-6,8-11,14H2,1H3,(H,24,25);2-6,8,10,12,17,20H,7,9H2,1H3/b;7-4-,13-12+;/t;15-,16+,17+,19+;12-,17-/m.00/s1. The van der Waals surface area contributed by atoms with Gasteiger partial charge in [-0.2, -0.15) is 0 Å². The van der Waals surface area contributed by atoms with Crippen LogP contribution in [0.15, 0.2) is 114 Å². The third-order valence-corrected chi connectivity index (χ3v) is 14.2. The Bertz CT molecular complexity index is 2420. The van der Waals surface area contributed by atoms with Crippen LogP contribution < -0.4 is 16.4 Å². The van der Waals surface area contributed by atoms with Crippen molar-refractivity contribution in [1.29, 1.82) is 0 Å². The Kier molecular flexibility index (Phi) is 26.5. The van der Waals surface area contributed by atoms with Crippen LogP contribution in [-0.2, 0) is 33.4 Å². The summed E-state index contributed by atoms with van der Waals surface area (Å²) < 4.78 is 15.8. The van der Waals surface area contributed by atoms with E-state index in [2.05, 4.69) is 47.9 Å². The van der Waals surface area contributed by atoms with Gasteiger partial charge in [-0.15, -0.1) is 0 Å². The lowest BCUT2D eigenvalue weighted by Crippen LogP contribution is -2.35. The van der Waals surface area contributed by atoms with Gasteiger partial charge in [0, 0.05) is 53.9 Å².